The molecule has 1 heterocycles. The van der Waals surface area contributed by atoms with E-state index in [4.69, 9.17) is 16.2 Å². The van der Waals surface area contributed by atoms with E-state index in [2.05, 4.69) is 4.98 Å². The molecule has 20 heavy (non-hydrogen) atoms. The molecule has 0 saturated heterocycles. The molecule has 0 unspecified atom stereocenters. The third-order valence-corrected chi connectivity index (χ3v) is 2.91. The highest BCUT2D eigenvalue weighted by molar-refractivity contribution is 5.94. The highest BCUT2D eigenvalue weighted by Crippen LogP contribution is 2.22. The largest absolute Gasteiger partial charge is 0.491 e. The van der Waals surface area contributed by atoms with Crippen molar-refractivity contribution >= 4 is 11.6 Å². The first kappa shape index (κ1) is 13.9. The quantitative estimate of drug-likeness (QED) is 0.618. The zero-order valence-electron chi connectivity index (χ0n) is 11.1. The van der Waals surface area contributed by atoms with Crippen LogP contribution in [-0.4, -0.2) is 17.5 Å². The van der Waals surface area contributed by atoms with E-state index >= 15 is 0 Å². The minimum absolute atomic E-state index is 0.381. The third kappa shape index (κ3) is 3.71. The maximum absolute atomic E-state index is 11.0. The number of amides is 1. The number of nitrogens with zero attached hydrogens (tertiary/aromatic N) is 1. The molecule has 1 aromatic heterocycles. The zero-order chi connectivity index (χ0) is 14.4. The van der Waals surface area contributed by atoms with Crippen molar-refractivity contribution in [1.82, 2.24) is 4.98 Å². The second kappa shape index (κ2) is 6.56. The predicted octanol–water partition coefficient (Wildman–Crippen LogP) is 1.77. The summed E-state index contributed by atoms with van der Waals surface area (Å²) >= 11 is 0. The molecule has 0 aliphatic rings. The molecule has 5 heteroatoms. The number of anilines is 1. The van der Waals surface area contributed by atoms with Gasteiger partial charge in [0.25, 0.3) is 0 Å². The van der Waals surface area contributed by atoms with Gasteiger partial charge in [0.1, 0.15) is 5.75 Å². The highest BCUT2D eigenvalue weighted by atomic mass is 16.5. The summed E-state index contributed by atoms with van der Waals surface area (Å²) < 4.78 is 5.60. The summed E-state index contributed by atoms with van der Waals surface area (Å²) in [6.45, 7) is 0.558. The van der Waals surface area contributed by atoms with E-state index < -0.39 is 5.91 Å². The van der Waals surface area contributed by atoms with Gasteiger partial charge >= 0.3 is 0 Å². The van der Waals surface area contributed by atoms with E-state index in [1.165, 1.54) is 11.6 Å². The topological polar surface area (TPSA) is 91.2 Å². The van der Waals surface area contributed by atoms with Crippen molar-refractivity contribution in [2.45, 2.75) is 12.8 Å². The lowest BCUT2D eigenvalue weighted by Gasteiger charge is -2.09. The van der Waals surface area contributed by atoms with Crippen molar-refractivity contribution in [2.75, 3.05) is 12.3 Å². The molecule has 2 aromatic rings. The minimum Gasteiger partial charge on any atom is -0.491 e. The summed E-state index contributed by atoms with van der Waals surface area (Å²) in [5.41, 5.74) is 13.0. The zero-order valence-corrected chi connectivity index (χ0v) is 11.1. The Labute approximate surface area is 117 Å². The van der Waals surface area contributed by atoms with Gasteiger partial charge in [0.15, 0.2) is 0 Å². The average Bonchev–Trinajstić information content (AvgIpc) is 2.46. The molecule has 0 atom stereocenters. The van der Waals surface area contributed by atoms with Gasteiger partial charge in [0.05, 0.1) is 12.3 Å². The number of nitrogen functional groups attached to an aromatic ring is 1. The predicted molar refractivity (Wildman–Crippen MR) is 77.4 cm³/mol. The number of rotatable bonds is 6. The molecule has 104 valence electrons. The molecule has 0 aliphatic heterocycles. The van der Waals surface area contributed by atoms with Crippen LogP contribution in [-0.2, 0) is 6.42 Å². The van der Waals surface area contributed by atoms with E-state index in [0.29, 0.717) is 23.6 Å². The molecule has 0 aliphatic carbocycles. The van der Waals surface area contributed by atoms with Gasteiger partial charge in [-0.2, -0.15) is 0 Å². The number of primary amides is 1. The smallest absolute Gasteiger partial charge is 0.248 e. The molecular formula is C15H17N3O2. The van der Waals surface area contributed by atoms with Crippen molar-refractivity contribution in [2.24, 2.45) is 5.73 Å². The fourth-order valence-electron chi connectivity index (χ4n) is 1.84. The second-order valence-corrected chi connectivity index (χ2v) is 4.42. The normalized spacial score (nSPS) is 10.2. The monoisotopic (exact) mass is 271 g/mol. The Balaban J connectivity index is 1.84. The highest BCUT2D eigenvalue weighted by Gasteiger charge is 2.05. The van der Waals surface area contributed by atoms with E-state index in [1.807, 2.05) is 12.1 Å². The maximum atomic E-state index is 11.0. The first-order valence-electron chi connectivity index (χ1n) is 6.38. The van der Waals surface area contributed by atoms with Crippen LogP contribution in [0, 0.1) is 0 Å². The number of benzene rings is 1. The first-order chi connectivity index (χ1) is 9.66. The summed E-state index contributed by atoms with van der Waals surface area (Å²) in [7, 11) is 0. The lowest BCUT2D eigenvalue weighted by Crippen LogP contribution is -2.11. The molecule has 2 rings (SSSR count). The van der Waals surface area contributed by atoms with Crippen LogP contribution in [0.15, 0.2) is 42.7 Å². The minimum atomic E-state index is -0.499. The molecule has 4 N–H and O–H groups in total. The van der Waals surface area contributed by atoms with Crippen molar-refractivity contribution in [3.8, 4) is 5.75 Å². The third-order valence-electron chi connectivity index (χ3n) is 2.91. The Morgan fingerprint density at radius 2 is 1.95 bits per heavy atom. The fourth-order valence-corrected chi connectivity index (χ4v) is 1.84. The number of carbonyl (C=O) groups is 1. The molecule has 0 bridgehead atoms. The van der Waals surface area contributed by atoms with Crippen molar-refractivity contribution in [3.63, 3.8) is 0 Å². The van der Waals surface area contributed by atoms with Gasteiger partial charge in [-0.3, -0.25) is 9.78 Å². The van der Waals surface area contributed by atoms with Crippen LogP contribution in [0.3, 0.4) is 0 Å². The summed E-state index contributed by atoms with van der Waals surface area (Å²) in [6.07, 6.45) is 5.34. The Kier molecular flexibility index (Phi) is 4.55. The van der Waals surface area contributed by atoms with Crippen LogP contribution < -0.4 is 16.2 Å². The number of aromatic nitrogens is 1. The van der Waals surface area contributed by atoms with Crippen LogP contribution >= 0.6 is 0 Å². The van der Waals surface area contributed by atoms with Crippen LogP contribution in [0.4, 0.5) is 5.69 Å². The number of hydrogen-bond donors (Lipinski definition) is 2. The van der Waals surface area contributed by atoms with Gasteiger partial charge in [-0.05, 0) is 48.7 Å². The summed E-state index contributed by atoms with van der Waals surface area (Å²) in [4.78, 5) is 15.0. The van der Waals surface area contributed by atoms with Crippen LogP contribution in [0.25, 0.3) is 0 Å². The molecule has 0 spiro atoms. The molecule has 1 aromatic carbocycles. The number of pyridine rings is 1. The molecule has 0 radical (unpaired) electrons. The Bertz CT molecular complexity index is 585. The maximum Gasteiger partial charge on any atom is 0.248 e. The SMILES string of the molecule is NC(=O)c1ccc(OCCCc2ccncc2)c(N)c1. The van der Waals surface area contributed by atoms with Gasteiger partial charge in [-0.15, -0.1) is 0 Å². The van der Waals surface area contributed by atoms with Crippen molar-refractivity contribution in [3.05, 3.63) is 53.9 Å². The second-order valence-electron chi connectivity index (χ2n) is 4.42. The molecule has 0 saturated carbocycles. The van der Waals surface area contributed by atoms with Crippen molar-refractivity contribution < 1.29 is 9.53 Å². The number of hydrogen-bond acceptors (Lipinski definition) is 4. The molecule has 0 fully saturated rings. The lowest BCUT2D eigenvalue weighted by molar-refractivity contribution is 0.100. The van der Waals surface area contributed by atoms with E-state index in [0.717, 1.165) is 12.8 Å². The van der Waals surface area contributed by atoms with Crippen molar-refractivity contribution in [1.29, 1.82) is 0 Å². The van der Waals surface area contributed by atoms with Crippen LogP contribution in [0.2, 0.25) is 0 Å². The number of carbonyl (C=O) groups excluding carboxylic acids is 1. The van der Waals surface area contributed by atoms with Crippen LogP contribution in [0.5, 0.6) is 5.75 Å². The first-order valence-corrected chi connectivity index (χ1v) is 6.38. The number of aryl methyl sites for hydroxylation is 1. The summed E-state index contributed by atoms with van der Waals surface area (Å²) in [5.74, 6) is 0.0747. The molecule has 1 amide bonds. The number of nitrogens with two attached hydrogens (primary N) is 2. The Morgan fingerprint density at radius 1 is 1.20 bits per heavy atom. The summed E-state index contributed by atoms with van der Waals surface area (Å²) in [5, 5.41) is 0. The lowest BCUT2D eigenvalue weighted by atomic mass is 10.1. The van der Waals surface area contributed by atoms with E-state index in [9.17, 15) is 4.79 Å². The van der Waals surface area contributed by atoms with Gasteiger partial charge in [0, 0.05) is 18.0 Å². The van der Waals surface area contributed by atoms with Gasteiger partial charge in [-0.25, -0.2) is 0 Å². The van der Waals surface area contributed by atoms with Crippen LogP contribution in [0.1, 0.15) is 22.3 Å². The fraction of sp³-hybridized carbons (Fsp3) is 0.200. The van der Waals surface area contributed by atoms with E-state index in [-0.39, 0.29) is 0 Å². The number of ether oxygens (including phenoxy) is 1. The summed E-state index contributed by atoms with van der Waals surface area (Å²) in [6, 6.07) is 8.77. The van der Waals surface area contributed by atoms with E-state index in [1.54, 1.807) is 24.5 Å². The molecule has 5 nitrogen and oxygen atoms in total. The standard InChI is InChI=1S/C15H17N3O2/c16-13-10-12(15(17)19)3-4-14(13)20-9-1-2-11-5-7-18-8-6-11/h3-8,10H,1-2,9,16H2,(H2,17,19). The Hall–Kier alpha value is -2.56. The average molecular weight is 271 g/mol. The van der Waals surface area contributed by atoms with Gasteiger partial charge in [-0.1, -0.05) is 0 Å². The molecular weight excluding hydrogens is 254 g/mol. The van der Waals surface area contributed by atoms with Gasteiger partial charge in [0.2, 0.25) is 5.91 Å². The Morgan fingerprint density at radius 3 is 2.60 bits per heavy atom. The van der Waals surface area contributed by atoms with Gasteiger partial charge < -0.3 is 16.2 Å².